The van der Waals surface area contributed by atoms with Gasteiger partial charge in [0.05, 0.1) is 5.52 Å². The summed E-state index contributed by atoms with van der Waals surface area (Å²) in [5.74, 6) is 0. The van der Waals surface area contributed by atoms with Crippen LogP contribution in [0.3, 0.4) is 0 Å². The molecule has 226 valence electrons. The molecule has 43 heavy (non-hydrogen) atoms. The van der Waals surface area contributed by atoms with Crippen molar-refractivity contribution in [2.75, 3.05) is 0 Å². The zero-order valence-electron chi connectivity index (χ0n) is 25.6. The van der Waals surface area contributed by atoms with Gasteiger partial charge in [0, 0.05) is 21.9 Å². The Bertz CT molecular complexity index is 1550. The third-order valence-corrected chi connectivity index (χ3v) is 8.94. The molecule has 2 heterocycles. The van der Waals surface area contributed by atoms with Crippen LogP contribution in [0.2, 0.25) is 0 Å². The minimum Gasteiger partial charge on any atom is -0.657 e. The molecule has 5 aromatic rings. The fraction of sp³-hybridized carbons (Fsp3) is 0.447. The summed E-state index contributed by atoms with van der Waals surface area (Å²) >= 11 is 0. The van der Waals surface area contributed by atoms with E-state index in [1.807, 2.05) is 60.7 Å². The van der Waals surface area contributed by atoms with Gasteiger partial charge in [-0.25, -0.2) is 0 Å². The molecule has 2 atom stereocenters. The maximum Gasteiger partial charge on any atom is 3.00 e. The number of nitrogens with zero attached hydrogens (tertiary/aromatic N) is 3. The van der Waals surface area contributed by atoms with Crippen molar-refractivity contribution >= 4 is 32.8 Å². The monoisotopic (exact) mass is 751 g/mol. The molecule has 2 aromatic heterocycles. The van der Waals surface area contributed by atoms with Crippen molar-refractivity contribution in [1.82, 2.24) is 4.98 Å². The summed E-state index contributed by atoms with van der Waals surface area (Å²) in [6.07, 6.45) is 14.9. The van der Waals surface area contributed by atoms with Gasteiger partial charge in [-0.1, -0.05) is 121 Å². The Morgan fingerprint density at radius 3 is 1.95 bits per heavy atom. The van der Waals surface area contributed by atoms with Crippen LogP contribution in [-0.4, -0.2) is 29.2 Å². The van der Waals surface area contributed by atoms with Crippen molar-refractivity contribution < 1.29 is 24.5 Å². The number of furan rings is 1. The van der Waals surface area contributed by atoms with Gasteiger partial charge in [-0.2, -0.15) is 0 Å². The maximum absolute atomic E-state index is 6.16. The number of hydrogen-bond donors (Lipinski definition) is 0. The van der Waals surface area contributed by atoms with Gasteiger partial charge < -0.3 is 15.1 Å². The molecule has 2 unspecified atom stereocenters. The number of benzene rings is 3. The van der Waals surface area contributed by atoms with Crippen LogP contribution < -0.4 is 0 Å². The molecule has 0 saturated heterocycles. The molecule has 4 nitrogen and oxygen atoms in total. The second kappa shape index (κ2) is 15.4. The number of aromatic nitrogens is 1. The topological polar surface area (TPSA) is 54.2 Å². The fourth-order valence-corrected chi connectivity index (χ4v) is 6.95. The molecule has 2 aliphatic rings. The fourth-order valence-electron chi connectivity index (χ4n) is 6.95. The van der Waals surface area contributed by atoms with Crippen LogP contribution in [-0.2, 0) is 20.1 Å². The largest absolute Gasteiger partial charge is 3.00 e. The molecule has 5 heteroatoms. The minimum atomic E-state index is 0. The van der Waals surface area contributed by atoms with E-state index in [4.69, 9.17) is 20.0 Å². The first-order valence-corrected chi connectivity index (χ1v) is 16.2. The van der Waals surface area contributed by atoms with Crippen molar-refractivity contribution in [1.29, 1.82) is 0 Å². The molecule has 0 amide bonds. The molecule has 3 aromatic carbocycles. The summed E-state index contributed by atoms with van der Waals surface area (Å²) in [7, 11) is 0. The van der Waals surface area contributed by atoms with E-state index in [9.17, 15) is 0 Å². The summed E-state index contributed by atoms with van der Waals surface area (Å²) in [4.78, 5) is 4.84. The third-order valence-electron chi connectivity index (χ3n) is 8.94. The van der Waals surface area contributed by atoms with Gasteiger partial charge in [-0.15, -0.1) is 60.1 Å². The predicted octanol–water partition coefficient (Wildman–Crippen LogP) is 11.2. The summed E-state index contributed by atoms with van der Waals surface area (Å²) in [6.45, 7) is 4.59. The van der Waals surface area contributed by atoms with Crippen LogP contribution in [0, 0.1) is 6.07 Å². The second-order valence-electron chi connectivity index (χ2n) is 12.4. The minimum absolute atomic E-state index is 0. The summed E-state index contributed by atoms with van der Waals surface area (Å²) < 4.78 is 6.16. The molecule has 0 radical (unpaired) electrons. The summed E-state index contributed by atoms with van der Waals surface area (Å²) in [5, 5.41) is 13.4. The van der Waals surface area contributed by atoms with Crippen LogP contribution >= 0.6 is 0 Å². The molecular formula is C38H44IrN3O. The van der Waals surface area contributed by atoms with E-state index in [1.165, 1.54) is 64.2 Å². The van der Waals surface area contributed by atoms with E-state index in [-0.39, 0.29) is 20.1 Å². The Labute approximate surface area is 270 Å². The van der Waals surface area contributed by atoms with Gasteiger partial charge >= 0.3 is 20.1 Å². The van der Waals surface area contributed by atoms with Crippen LogP contribution in [0.25, 0.3) is 54.7 Å². The molecular weight excluding hydrogens is 707 g/mol. The van der Waals surface area contributed by atoms with E-state index in [2.05, 4.69) is 32.0 Å². The molecule has 7 rings (SSSR count). The van der Waals surface area contributed by atoms with E-state index >= 15 is 0 Å². The molecule has 2 saturated carbocycles. The average Bonchev–Trinajstić information content (AvgIpc) is 3.42. The van der Waals surface area contributed by atoms with Gasteiger partial charge in [0.1, 0.15) is 11.2 Å². The first kappa shape index (κ1) is 31.9. The molecule has 0 N–H and O–H groups in total. The quantitative estimate of drug-likeness (QED) is 0.156. The molecule has 2 fully saturated rings. The van der Waals surface area contributed by atoms with Crippen LogP contribution in [0.15, 0.2) is 77.2 Å². The number of hydrogen-bond acceptors (Lipinski definition) is 2. The van der Waals surface area contributed by atoms with E-state index in [0.717, 1.165) is 50.5 Å². The molecule has 0 aliphatic heterocycles. The van der Waals surface area contributed by atoms with Crippen molar-refractivity contribution in [2.24, 2.45) is 0 Å². The van der Waals surface area contributed by atoms with Gasteiger partial charge in [0.25, 0.3) is 0 Å². The second-order valence-corrected chi connectivity index (χ2v) is 12.4. The van der Waals surface area contributed by atoms with Crippen molar-refractivity contribution in [3.05, 3.63) is 89.5 Å². The molecule has 0 bridgehead atoms. The summed E-state index contributed by atoms with van der Waals surface area (Å²) in [6, 6.07) is 29.8. The molecule has 2 aliphatic carbocycles. The number of pyridine rings is 1. The first-order valence-electron chi connectivity index (χ1n) is 16.2. The molecule has 0 spiro atoms. The van der Waals surface area contributed by atoms with Gasteiger partial charge in [0.15, 0.2) is 0 Å². The maximum atomic E-state index is 6.16. The predicted molar refractivity (Wildman–Crippen MR) is 177 cm³/mol. The van der Waals surface area contributed by atoms with Crippen LogP contribution in [0.5, 0.6) is 0 Å². The van der Waals surface area contributed by atoms with Gasteiger partial charge in [-0.3, -0.25) is 4.98 Å². The van der Waals surface area contributed by atoms with E-state index in [1.54, 1.807) is 0 Å². The standard InChI is InChI=1S/C21H12NO.C17H32N2.Ir/c1-2-8-14(9-3-1)20-21-19(15-10-4-6-12-17(15)22-20)16-11-5-7-13-18(16)23-21;1-14(18-16-9-5-3-6-10-16)13-15(2)19-17-11-7-4-8-12-17;/h1-8,10-13H;14-17H,3-13H2,1-2H3;/q-1;-2;+3. The third kappa shape index (κ3) is 7.94. The summed E-state index contributed by atoms with van der Waals surface area (Å²) in [5.41, 5.74) is 4.47. The van der Waals surface area contributed by atoms with Crippen LogP contribution in [0.1, 0.15) is 84.5 Å². The Balaban J connectivity index is 0.000000171. The first-order chi connectivity index (χ1) is 20.7. The Morgan fingerprint density at radius 1 is 0.744 bits per heavy atom. The average molecular weight is 751 g/mol. The van der Waals surface area contributed by atoms with E-state index in [0.29, 0.717) is 24.2 Å². The Kier molecular flexibility index (Phi) is 11.4. The number of para-hydroxylation sites is 2. The number of fused-ring (bicyclic) bond motifs is 5. The zero-order valence-corrected chi connectivity index (χ0v) is 28.0. The van der Waals surface area contributed by atoms with Crippen molar-refractivity contribution in [3.63, 3.8) is 0 Å². The Morgan fingerprint density at radius 2 is 1.33 bits per heavy atom. The van der Waals surface area contributed by atoms with Crippen LogP contribution in [0.4, 0.5) is 0 Å². The van der Waals surface area contributed by atoms with Crippen molar-refractivity contribution in [3.8, 4) is 11.3 Å². The zero-order chi connectivity index (χ0) is 28.7. The van der Waals surface area contributed by atoms with Crippen molar-refractivity contribution in [2.45, 2.75) is 109 Å². The smallest absolute Gasteiger partial charge is 0.657 e. The normalized spacial score (nSPS) is 17.7. The van der Waals surface area contributed by atoms with E-state index < -0.39 is 0 Å². The van der Waals surface area contributed by atoms with Gasteiger partial charge in [-0.05, 0) is 12.1 Å². The van der Waals surface area contributed by atoms with Gasteiger partial charge in [0.2, 0.25) is 0 Å². The number of rotatable bonds is 7. The SMILES string of the molecule is CC(CC(C)[N-]C1CCCCC1)[N-]C1CCCCC1.[Ir+3].[c-]1ccccc1-c1nc2ccccc2c2c1oc1ccccc12. The Hall–Kier alpha value is -2.56.